The molecule has 8 heteroatoms. The predicted octanol–water partition coefficient (Wildman–Crippen LogP) is 27.0. The minimum atomic E-state index is -0.250. The Labute approximate surface area is 700 Å². The third-order valence-corrected chi connectivity index (χ3v) is 23.4. The number of hydrogen-bond donors (Lipinski definition) is 0. The molecule has 16 bridgehead atoms. The molecule has 0 fully saturated rings. The van der Waals surface area contributed by atoms with E-state index < -0.39 is 0 Å². The van der Waals surface area contributed by atoms with Gasteiger partial charge in [0.1, 0.15) is 59.2 Å². The zero-order valence-electron chi connectivity index (χ0n) is 77.1. The first kappa shape index (κ1) is 88.2. The molecule has 9 aromatic carbocycles. The first-order valence-corrected chi connectivity index (χ1v) is 43.6. The van der Waals surface area contributed by atoms with Gasteiger partial charge < -0.3 is 37.9 Å². The average Bonchev–Trinajstić information content (AvgIpc) is 0.882. The Balaban J connectivity index is 1.34. The smallest absolute Gasteiger partial charge is 0.126 e. The van der Waals surface area contributed by atoms with E-state index in [1.54, 1.807) is 0 Å². The first-order valence-electron chi connectivity index (χ1n) is 43.6. The van der Waals surface area contributed by atoms with E-state index in [1.165, 1.54) is 44.5 Å². The van der Waals surface area contributed by atoms with Gasteiger partial charge in [0.15, 0.2) is 0 Å². The second-order valence-electron chi connectivity index (χ2n) is 41.4. The molecular weight excluding hydrogens is 1430 g/mol. The Hall–Kier alpha value is -8.62. The van der Waals surface area contributed by atoms with Crippen LogP contribution in [-0.2, 0) is 108 Å². The Morgan fingerprint density at radius 2 is 0.319 bits per heavy atom. The molecule has 8 nitrogen and oxygen atoms in total. The lowest BCUT2D eigenvalue weighted by atomic mass is 9.79. The molecule has 9 aromatic rings. The zero-order chi connectivity index (χ0) is 84.7. The van der Waals surface area contributed by atoms with Gasteiger partial charge in [-0.1, -0.05) is 287 Å². The third kappa shape index (κ3) is 20.4. The lowest BCUT2D eigenvalue weighted by Crippen LogP contribution is -2.17. The van der Waals surface area contributed by atoms with E-state index >= 15 is 0 Å². The molecule has 116 heavy (non-hydrogen) atoms. The summed E-state index contributed by atoms with van der Waals surface area (Å²) in [7, 11) is 0. The summed E-state index contributed by atoms with van der Waals surface area (Å²) in [5.41, 5.74) is 28.0. The van der Waals surface area contributed by atoms with Crippen LogP contribution in [0.1, 0.15) is 352 Å². The molecule has 0 atom stereocenters. The van der Waals surface area contributed by atoms with Crippen molar-refractivity contribution in [3.63, 3.8) is 0 Å². The van der Waals surface area contributed by atoms with Crippen molar-refractivity contribution < 1.29 is 37.9 Å². The summed E-state index contributed by atoms with van der Waals surface area (Å²) in [6, 6.07) is 47.9. The highest BCUT2D eigenvalue weighted by molar-refractivity contribution is 5.64. The van der Waals surface area contributed by atoms with Crippen molar-refractivity contribution in [1.29, 1.82) is 0 Å². The van der Waals surface area contributed by atoms with Crippen molar-refractivity contribution in [3.8, 4) is 46.0 Å². The molecule has 0 saturated heterocycles. The fourth-order valence-electron chi connectivity index (χ4n) is 16.6. The van der Waals surface area contributed by atoms with Crippen molar-refractivity contribution >= 4 is 0 Å². The van der Waals surface area contributed by atoms with Gasteiger partial charge in [0.25, 0.3) is 0 Å². The van der Waals surface area contributed by atoms with Crippen molar-refractivity contribution in [2.45, 2.75) is 316 Å². The fourth-order valence-corrected chi connectivity index (χ4v) is 16.6. The highest BCUT2D eigenvalue weighted by Gasteiger charge is 2.34. The van der Waals surface area contributed by atoms with Gasteiger partial charge in [-0.05, 0) is 230 Å². The molecule has 4 aliphatic heterocycles. The molecule has 0 unspecified atom stereocenters. The topological polar surface area (TPSA) is 73.8 Å². The fraction of sp³-hybridized carbons (Fsp3) is 0.500. The van der Waals surface area contributed by atoms with Gasteiger partial charge in [0.2, 0.25) is 0 Å². The lowest BCUT2D eigenvalue weighted by Gasteiger charge is -2.29. The van der Waals surface area contributed by atoms with Crippen molar-refractivity contribution in [2.75, 3.05) is 39.6 Å². The summed E-state index contributed by atoms with van der Waals surface area (Å²) >= 11 is 0. The van der Waals surface area contributed by atoms with Gasteiger partial charge in [-0.2, -0.15) is 0 Å². The van der Waals surface area contributed by atoms with E-state index in [4.69, 9.17) is 37.9 Å². The minimum absolute atomic E-state index is 0.222. The molecule has 13 rings (SSSR count). The number of hydrogen-bond acceptors (Lipinski definition) is 8. The molecule has 0 radical (unpaired) electrons. The number of benzene rings is 9. The van der Waals surface area contributed by atoms with Gasteiger partial charge in [-0.3, -0.25) is 0 Å². The second-order valence-corrected chi connectivity index (χ2v) is 41.4. The molecule has 0 saturated carbocycles. The Morgan fingerprint density at radius 3 is 0.440 bits per heavy atom. The van der Waals surface area contributed by atoms with Crippen molar-refractivity contribution in [3.05, 3.63) is 266 Å². The van der Waals surface area contributed by atoms with Gasteiger partial charge in [0.05, 0.1) is 39.6 Å². The predicted molar refractivity (Wildman–Crippen MR) is 486 cm³/mol. The van der Waals surface area contributed by atoms with Crippen molar-refractivity contribution in [2.24, 2.45) is 0 Å². The van der Waals surface area contributed by atoms with Crippen molar-refractivity contribution in [1.82, 2.24) is 0 Å². The Kier molecular flexibility index (Phi) is 26.1. The van der Waals surface area contributed by atoms with Gasteiger partial charge >= 0.3 is 0 Å². The third-order valence-electron chi connectivity index (χ3n) is 23.4. The van der Waals surface area contributed by atoms with E-state index in [2.05, 4.69) is 329 Å². The van der Waals surface area contributed by atoms with E-state index in [9.17, 15) is 0 Å². The van der Waals surface area contributed by atoms with Crippen LogP contribution >= 0.6 is 0 Å². The number of rotatable bonds is 12. The quantitative estimate of drug-likeness (QED) is 0.120. The van der Waals surface area contributed by atoms with Crippen LogP contribution < -0.4 is 37.9 Å². The molecule has 0 aromatic heterocycles. The van der Waals surface area contributed by atoms with Crippen LogP contribution in [0.25, 0.3) is 0 Å². The molecule has 4 aliphatic rings. The van der Waals surface area contributed by atoms with Crippen LogP contribution in [-0.4, -0.2) is 39.6 Å². The van der Waals surface area contributed by atoms with E-state index in [1.807, 2.05) is 0 Å². The maximum absolute atomic E-state index is 7.71. The van der Waals surface area contributed by atoms with Crippen LogP contribution in [0.2, 0.25) is 0 Å². The van der Waals surface area contributed by atoms with Crippen LogP contribution in [0.4, 0.5) is 0 Å². The van der Waals surface area contributed by atoms with E-state index in [-0.39, 0.29) is 43.3 Å². The normalized spacial score (nSPS) is 14.1. The maximum Gasteiger partial charge on any atom is 0.126 e. The van der Waals surface area contributed by atoms with Crippen LogP contribution in [0.5, 0.6) is 46.0 Å². The molecule has 0 N–H and O–H groups in total. The van der Waals surface area contributed by atoms with Crippen LogP contribution in [0, 0.1) is 0 Å². The average molecular weight is 1570 g/mol. The monoisotopic (exact) mass is 1570 g/mol. The van der Waals surface area contributed by atoms with Crippen LogP contribution in [0.3, 0.4) is 0 Å². The number of ether oxygens (including phenoxy) is 8. The molecule has 0 spiro atoms. The standard InChI is InChI=1S/C108H142O8/c1-31-109-93-69-41-70-50-86(102(10,11)12)52-72(94(70)110-32-2)43-74-54-88(104(16,17)18)58-78(96(74)112-34-4)46-82-62-92(108(28,29)30)64-84-48-80-60-90(106(22,23)24)56-76(98(80)114-36-6)44-75-55-89(105(19,20)21)59-79(97(75)113-35-5)47-83-63-91(107(25,26)27)61-81(99(83)115-65-67-37-39-68(40-38-67)66-116-100(82)84)45-77-57-87(103(13,14)15)53-73(95(77)111-33-3)42-71(93)51-85(49-69)101(7,8)9/h37-40,49-64H,31-36,41-48,65-66H2,1-30H3. The molecule has 0 amide bonds. The Morgan fingerprint density at radius 1 is 0.198 bits per heavy atom. The van der Waals surface area contributed by atoms with Gasteiger partial charge in [-0.15, -0.1) is 0 Å². The Bertz CT molecular complexity index is 4710. The summed E-state index contributed by atoms with van der Waals surface area (Å²) in [6.07, 6.45) is 4.47. The summed E-state index contributed by atoms with van der Waals surface area (Å²) in [6.45, 7) is 72.5. The SMILES string of the molecule is CCOc1c2cc(C(C)(C)C)cc1Cc1cc(C(C)(C)C)cc(c1OCC)Cc1cc(C(C)(C)C)cc3c1OCc1ccc(cc1)COc1c(cc(C(C)(C)C)cc1Cc1cc(C(C)(C)C)cc(c1OCC)Cc1cc(C(C)(C)C)cc(c1OCC)C3)Cc1cc(C(C)(C)C)cc(c1OCC)Cc1cc(C(C)(C)C)cc(c1OCC)C2. The highest BCUT2D eigenvalue weighted by Crippen LogP contribution is 2.49. The van der Waals surface area contributed by atoms with Gasteiger partial charge in [-0.25, -0.2) is 0 Å². The van der Waals surface area contributed by atoms with Crippen LogP contribution in [0.15, 0.2) is 121 Å². The summed E-state index contributed by atoms with van der Waals surface area (Å²) in [5, 5.41) is 0. The van der Waals surface area contributed by atoms with E-state index in [0.29, 0.717) is 104 Å². The largest absolute Gasteiger partial charge is 0.493 e. The molecule has 622 valence electrons. The van der Waals surface area contributed by atoms with E-state index in [0.717, 1.165) is 146 Å². The molecular formula is C108H142O8. The first-order chi connectivity index (χ1) is 54.2. The summed E-state index contributed by atoms with van der Waals surface area (Å²) in [4.78, 5) is 0. The summed E-state index contributed by atoms with van der Waals surface area (Å²) < 4.78 is 58.8. The minimum Gasteiger partial charge on any atom is -0.493 e. The zero-order valence-corrected chi connectivity index (χ0v) is 77.1. The summed E-state index contributed by atoms with van der Waals surface area (Å²) in [5.74, 6) is 7.14. The molecule has 4 heterocycles. The molecule has 0 aliphatic carbocycles. The lowest BCUT2D eigenvalue weighted by molar-refractivity contribution is 0.296. The van der Waals surface area contributed by atoms with Gasteiger partial charge in [0, 0.05) is 51.4 Å². The maximum atomic E-state index is 7.71. The highest BCUT2D eigenvalue weighted by atomic mass is 16.5. The second kappa shape index (κ2) is 34.4.